The summed E-state index contributed by atoms with van der Waals surface area (Å²) in [5.41, 5.74) is 3.46. The minimum atomic E-state index is 0.0360. The van der Waals surface area contributed by atoms with E-state index in [1.807, 2.05) is 13.0 Å². The first-order valence-corrected chi connectivity index (χ1v) is 5.21. The molecular weight excluding hydrogens is 186 g/mol. The molecule has 15 heavy (non-hydrogen) atoms. The number of aryl methyl sites for hydroxylation is 1. The summed E-state index contributed by atoms with van der Waals surface area (Å²) in [6, 6.07) is 5.70. The zero-order valence-electron chi connectivity index (χ0n) is 9.68. The molecule has 0 aliphatic rings. The fourth-order valence-electron chi connectivity index (χ4n) is 1.96. The Bertz CT molecular complexity index is 503. The Labute approximate surface area is 89.9 Å². The van der Waals surface area contributed by atoms with Crippen LogP contribution in [0.25, 0.3) is 10.9 Å². The van der Waals surface area contributed by atoms with E-state index in [9.17, 15) is 5.11 Å². The highest BCUT2D eigenvalue weighted by Gasteiger charge is 2.18. The molecule has 1 aromatic heterocycles. The Hall–Kier alpha value is -1.44. The van der Waals surface area contributed by atoms with Crippen molar-refractivity contribution in [1.82, 2.24) is 4.98 Å². The van der Waals surface area contributed by atoms with Gasteiger partial charge in [-0.15, -0.1) is 0 Å². The third-order valence-electron chi connectivity index (χ3n) is 2.66. The molecule has 80 valence electrons. The SMILES string of the molecule is Cc1cc2cc(O)cc(C(C)(C)C)c2[nH]1. The number of rotatable bonds is 0. The van der Waals surface area contributed by atoms with Crippen LogP contribution in [0.2, 0.25) is 0 Å². The van der Waals surface area contributed by atoms with Gasteiger partial charge in [-0.25, -0.2) is 0 Å². The number of nitrogens with one attached hydrogen (secondary N) is 1. The molecule has 0 aliphatic carbocycles. The van der Waals surface area contributed by atoms with Crippen molar-refractivity contribution in [3.8, 4) is 5.75 Å². The lowest BCUT2D eigenvalue weighted by Gasteiger charge is -2.20. The monoisotopic (exact) mass is 203 g/mol. The summed E-state index contributed by atoms with van der Waals surface area (Å²) in [7, 11) is 0. The zero-order chi connectivity index (χ0) is 11.2. The smallest absolute Gasteiger partial charge is 0.116 e. The van der Waals surface area contributed by atoms with Crippen LogP contribution in [0, 0.1) is 6.92 Å². The van der Waals surface area contributed by atoms with Gasteiger partial charge >= 0.3 is 0 Å². The van der Waals surface area contributed by atoms with Crippen LogP contribution in [0.1, 0.15) is 32.0 Å². The lowest BCUT2D eigenvalue weighted by atomic mass is 9.85. The van der Waals surface area contributed by atoms with E-state index in [4.69, 9.17) is 0 Å². The van der Waals surface area contributed by atoms with Crippen LogP contribution < -0.4 is 0 Å². The van der Waals surface area contributed by atoms with Gasteiger partial charge < -0.3 is 10.1 Å². The Morgan fingerprint density at radius 1 is 1.13 bits per heavy atom. The van der Waals surface area contributed by atoms with Gasteiger partial charge in [-0.05, 0) is 36.1 Å². The first-order chi connectivity index (χ1) is 6.88. The molecule has 0 spiro atoms. The molecule has 1 aromatic carbocycles. The Kier molecular flexibility index (Phi) is 2.03. The minimum absolute atomic E-state index is 0.0360. The number of hydrogen-bond donors (Lipinski definition) is 2. The third kappa shape index (κ3) is 1.72. The molecule has 0 saturated heterocycles. The van der Waals surface area contributed by atoms with Gasteiger partial charge in [0.25, 0.3) is 0 Å². The van der Waals surface area contributed by atoms with E-state index in [1.165, 1.54) is 0 Å². The molecule has 2 heteroatoms. The second-order valence-corrected chi connectivity index (χ2v) is 5.16. The van der Waals surface area contributed by atoms with Crippen LogP contribution in [0.5, 0.6) is 5.75 Å². The van der Waals surface area contributed by atoms with Crippen LogP contribution in [0.15, 0.2) is 18.2 Å². The number of aromatic hydroxyl groups is 1. The molecule has 0 aliphatic heterocycles. The quantitative estimate of drug-likeness (QED) is 0.675. The Morgan fingerprint density at radius 2 is 1.80 bits per heavy atom. The number of fused-ring (bicyclic) bond motifs is 1. The molecule has 0 unspecified atom stereocenters. The summed E-state index contributed by atoms with van der Waals surface area (Å²) < 4.78 is 0. The maximum Gasteiger partial charge on any atom is 0.116 e. The molecule has 2 rings (SSSR count). The second-order valence-electron chi connectivity index (χ2n) is 5.16. The van der Waals surface area contributed by atoms with Crippen molar-refractivity contribution in [2.45, 2.75) is 33.1 Å². The lowest BCUT2D eigenvalue weighted by molar-refractivity contribution is 0.472. The zero-order valence-corrected chi connectivity index (χ0v) is 9.68. The van der Waals surface area contributed by atoms with Crippen molar-refractivity contribution in [3.63, 3.8) is 0 Å². The average Bonchev–Trinajstić information content (AvgIpc) is 2.41. The highest BCUT2D eigenvalue weighted by Crippen LogP contribution is 2.33. The molecule has 0 radical (unpaired) electrons. The van der Waals surface area contributed by atoms with Gasteiger partial charge in [0.2, 0.25) is 0 Å². The molecule has 0 fully saturated rings. The van der Waals surface area contributed by atoms with Gasteiger partial charge in [0, 0.05) is 16.6 Å². The molecule has 0 amide bonds. The molecule has 0 atom stereocenters. The van der Waals surface area contributed by atoms with E-state index in [0.717, 1.165) is 22.2 Å². The van der Waals surface area contributed by atoms with E-state index < -0.39 is 0 Å². The molecule has 0 saturated carbocycles. The van der Waals surface area contributed by atoms with Gasteiger partial charge in [0.1, 0.15) is 5.75 Å². The lowest BCUT2D eigenvalue weighted by Crippen LogP contribution is -2.11. The summed E-state index contributed by atoms with van der Waals surface area (Å²) in [5.74, 6) is 0.339. The normalized spacial score (nSPS) is 12.3. The van der Waals surface area contributed by atoms with Gasteiger partial charge in [-0.2, -0.15) is 0 Å². The Morgan fingerprint density at radius 3 is 2.40 bits per heavy atom. The van der Waals surface area contributed by atoms with E-state index in [2.05, 4.69) is 31.8 Å². The first kappa shape index (κ1) is 10.1. The highest BCUT2D eigenvalue weighted by atomic mass is 16.3. The molecule has 2 N–H and O–H groups in total. The van der Waals surface area contributed by atoms with E-state index in [-0.39, 0.29) is 5.41 Å². The fraction of sp³-hybridized carbons (Fsp3) is 0.385. The van der Waals surface area contributed by atoms with Crippen molar-refractivity contribution in [2.24, 2.45) is 0 Å². The van der Waals surface area contributed by atoms with Crippen LogP contribution in [-0.2, 0) is 5.41 Å². The third-order valence-corrected chi connectivity index (χ3v) is 2.66. The van der Waals surface area contributed by atoms with Gasteiger partial charge in [0.15, 0.2) is 0 Å². The standard InChI is InChI=1S/C13H17NO/c1-8-5-9-6-10(15)7-11(12(9)14-8)13(2,3)4/h5-7,14-15H,1-4H3. The van der Waals surface area contributed by atoms with Crippen LogP contribution >= 0.6 is 0 Å². The number of phenols is 1. The maximum atomic E-state index is 9.67. The van der Waals surface area contributed by atoms with Crippen LogP contribution in [0.3, 0.4) is 0 Å². The van der Waals surface area contributed by atoms with Crippen molar-refractivity contribution in [3.05, 3.63) is 29.5 Å². The van der Waals surface area contributed by atoms with Crippen LogP contribution in [-0.4, -0.2) is 10.1 Å². The average molecular weight is 203 g/mol. The van der Waals surface area contributed by atoms with E-state index in [0.29, 0.717) is 5.75 Å². The van der Waals surface area contributed by atoms with Crippen LogP contribution in [0.4, 0.5) is 0 Å². The molecule has 2 nitrogen and oxygen atoms in total. The van der Waals surface area contributed by atoms with Gasteiger partial charge in [-0.1, -0.05) is 20.8 Å². The maximum absolute atomic E-state index is 9.67. The molecule has 2 aromatic rings. The minimum Gasteiger partial charge on any atom is -0.508 e. The Balaban J connectivity index is 2.82. The summed E-state index contributed by atoms with van der Waals surface area (Å²) >= 11 is 0. The molecule has 1 heterocycles. The number of aromatic amines is 1. The number of phenolic OH excluding ortho intramolecular Hbond substituents is 1. The predicted molar refractivity (Wildman–Crippen MR) is 63.4 cm³/mol. The summed E-state index contributed by atoms with van der Waals surface area (Å²) in [5, 5.41) is 10.8. The summed E-state index contributed by atoms with van der Waals surface area (Å²) in [6.45, 7) is 8.48. The largest absolute Gasteiger partial charge is 0.508 e. The number of aromatic nitrogens is 1. The number of H-pyrrole nitrogens is 1. The summed E-state index contributed by atoms with van der Waals surface area (Å²) in [4.78, 5) is 3.35. The van der Waals surface area contributed by atoms with Gasteiger partial charge in [-0.3, -0.25) is 0 Å². The first-order valence-electron chi connectivity index (χ1n) is 5.21. The van der Waals surface area contributed by atoms with Crippen molar-refractivity contribution in [2.75, 3.05) is 0 Å². The summed E-state index contributed by atoms with van der Waals surface area (Å²) in [6.07, 6.45) is 0. The molecule has 0 bridgehead atoms. The van der Waals surface area contributed by atoms with E-state index in [1.54, 1.807) is 6.07 Å². The highest BCUT2D eigenvalue weighted by molar-refractivity contribution is 5.86. The van der Waals surface area contributed by atoms with Gasteiger partial charge in [0.05, 0.1) is 0 Å². The van der Waals surface area contributed by atoms with Crippen molar-refractivity contribution < 1.29 is 5.11 Å². The topological polar surface area (TPSA) is 36.0 Å². The van der Waals surface area contributed by atoms with E-state index >= 15 is 0 Å². The number of hydrogen-bond acceptors (Lipinski definition) is 1. The van der Waals surface area contributed by atoms with Crippen molar-refractivity contribution in [1.29, 1.82) is 0 Å². The van der Waals surface area contributed by atoms with Crippen molar-refractivity contribution >= 4 is 10.9 Å². The fourth-order valence-corrected chi connectivity index (χ4v) is 1.96. The number of benzene rings is 1. The molecular formula is C13H17NO. The second kappa shape index (κ2) is 3.02. The predicted octanol–water partition coefficient (Wildman–Crippen LogP) is 3.48.